The van der Waals surface area contributed by atoms with Crippen LogP contribution < -0.4 is 0 Å². The minimum atomic E-state index is 0.144. The minimum Gasteiger partial charge on any atom is -0.342 e. The van der Waals surface area contributed by atoms with Crippen molar-refractivity contribution >= 4 is 21.8 Å². The molecule has 0 aromatic carbocycles. The lowest BCUT2D eigenvalue weighted by Crippen LogP contribution is -2.37. The Labute approximate surface area is 121 Å². The molecule has 0 unspecified atom stereocenters. The van der Waals surface area contributed by atoms with Crippen LogP contribution in [0.4, 0.5) is 0 Å². The van der Waals surface area contributed by atoms with Gasteiger partial charge in [-0.25, -0.2) is 0 Å². The standard InChI is InChI=1S/C15H28BrNO/c1-14(2)10-13(18)17(9-7-5-6-8-16)12-15(3,4)11-14/h5-12H2,1-4H3. The van der Waals surface area contributed by atoms with Gasteiger partial charge in [0.05, 0.1) is 0 Å². The van der Waals surface area contributed by atoms with Crippen molar-refractivity contribution in [1.82, 2.24) is 4.90 Å². The molecule has 0 atom stereocenters. The molecule has 1 amide bonds. The highest BCUT2D eigenvalue weighted by Gasteiger charge is 2.37. The molecule has 0 aromatic rings. The average molecular weight is 318 g/mol. The molecule has 1 fully saturated rings. The maximum absolute atomic E-state index is 12.3. The summed E-state index contributed by atoms with van der Waals surface area (Å²) in [4.78, 5) is 14.4. The third-order valence-electron chi connectivity index (χ3n) is 3.62. The molecule has 0 aliphatic carbocycles. The van der Waals surface area contributed by atoms with E-state index in [1.165, 1.54) is 12.8 Å². The Balaban J connectivity index is 2.58. The van der Waals surface area contributed by atoms with Gasteiger partial charge in [-0.3, -0.25) is 4.79 Å². The number of carbonyl (C=O) groups excluding carboxylic acids is 1. The maximum atomic E-state index is 12.3. The number of halogens is 1. The van der Waals surface area contributed by atoms with E-state index in [0.29, 0.717) is 12.3 Å². The van der Waals surface area contributed by atoms with Crippen molar-refractivity contribution in [2.75, 3.05) is 18.4 Å². The second-order valence-corrected chi connectivity index (χ2v) is 8.04. The van der Waals surface area contributed by atoms with Gasteiger partial charge in [0.2, 0.25) is 5.91 Å². The Morgan fingerprint density at radius 2 is 1.78 bits per heavy atom. The molecule has 1 aliphatic rings. The molecule has 1 aliphatic heterocycles. The van der Waals surface area contributed by atoms with Gasteiger partial charge in [0.25, 0.3) is 0 Å². The van der Waals surface area contributed by atoms with E-state index >= 15 is 0 Å². The van der Waals surface area contributed by atoms with Crippen LogP contribution in [0.15, 0.2) is 0 Å². The number of unbranched alkanes of at least 4 members (excludes halogenated alkanes) is 2. The first-order valence-corrected chi connectivity index (χ1v) is 8.22. The number of hydrogen-bond donors (Lipinski definition) is 0. The van der Waals surface area contributed by atoms with Crippen LogP contribution in [0.1, 0.15) is 59.8 Å². The van der Waals surface area contributed by atoms with Gasteiger partial charge >= 0.3 is 0 Å². The van der Waals surface area contributed by atoms with Gasteiger partial charge in [0, 0.05) is 24.8 Å². The van der Waals surface area contributed by atoms with E-state index in [0.717, 1.165) is 31.3 Å². The van der Waals surface area contributed by atoms with Crippen LogP contribution in [-0.4, -0.2) is 29.2 Å². The van der Waals surface area contributed by atoms with Gasteiger partial charge in [0.1, 0.15) is 0 Å². The number of hydrogen-bond acceptors (Lipinski definition) is 1. The van der Waals surface area contributed by atoms with E-state index in [-0.39, 0.29) is 10.8 Å². The number of alkyl halides is 1. The van der Waals surface area contributed by atoms with Crippen molar-refractivity contribution < 1.29 is 4.79 Å². The van der Waals surface area contributed by atoms with E-state index in [9.17, 15) is 4.79 Å². The second kappa shape index (κ2) is 6.40. The van der Waals surface area contributed by atoms with Gasteiger partial charge in [-0.1, -0.05) is 50.0 Å². The molecule has 106 valence electrons. The van der Waals surface area contributed by atoms with Crippen LogP contribution in [0.5, 0.6) is 0 Å². The molecule has 3 heteroatoms. The van der Waals surface area contributed by atoms with E-state index in [4.69, 9.17) is 0 Å². The molecule has 18 heavy (non-hydrogen) atoms. The summed E-state index contributed by atoms with van der Waals surface area (Å²) in [6, 6.07) is 0. The number of likely N-dealkylation sites (tertiary alicyclic amines) is 1. The molecule has 0 N–H and O–H groups in total. The summed E-state index contributed by atoms with van der Waals surface area (Å²) in [5, 5.41) is 1.07. The second-order valence-electron chi connectivity index (χ2n) is 7.25. The highest BCUT2D eigenvalue weighted by atomic mass is 79.9. The zero-order chi connectivity index (χ0) is 13.8. The molecule has 0 saturated carbocycles. The Hall–Kier alpha value is -0.0500. The summed E-state index contributed by atoms with van der Waals surface area (Å²) in [7, 11) is 0. The minimum absolute atomic E-state index is 0.144. The van der Waals surface area contributed by atoms with Crippen molar-refractivity contribution in [1.29, 1.82) is 0 Å². The molecule has 0 spiro atoms. The quantitative estimate of drug-likeness (QED) is 0.549. The monoisotopic (exact) mass is 317 g/mol. The molecular weight excluding hydrogens is 290 g/mol. The van der Waals surface area contributed by atoms with Crippen molar-refractivity contribution in [3.8, 4) is 0 Å². The van der Waals surface area contributed by atoms with Crippen LogP contribution in [0.25, 0.3) is 0 Å². The molecular formula is C15H28BrNO. The Morgan fingerprint density at radius 1 is 1.11 bits per heavy atom. The summed E-state index contributed by atoms with van der Waals surface area (Å²) >= 11 is 3.45. The first-order valence-electron chi connectivity index (χ1n) is 7.10. The molecule has 0 aromatic heterocycles. The Bertz CT molecular complexity index is 286. The predicted octanol–water partition coefficient (Wildman–Crippen LogP) is 4.23. The zero-order valence-corrected chi connectivity index (χ0v) is 14.0. The predicted molar refractivity (Wildman–Crippen MR) is 81.0 cm³/mol. The van der Waals surface area contributed by atoms with Gasteiger partial charge in [-0.05, 0) is 30.1 Å². The van der Waals surface area contributed by atoms with Crippen LogP contribution in [0.2, 0.25) is 0 Å². The van der Waals surface area contributed by atoms with Crippen LogP contribution >= 0.6 is 15.9 Å². The van der Waals surface area contributed by atoms with E-state index in [1.807, 2.05) is 0 Å². The average Bonchev–Trinajstić information content (AvgIpc) is 2.26. The first-order chi connectivity index (χ1) is 8.26. The van der Waals surface area contributed by atoms with Gasteiger partial charge in [-0.15, -0.1) is 0 Å². The van der Waals surface area contributed by atoms with E-state index < -0.39 is 0 Å². The first kappa shape index (κ1) is 16.0. The SMILES string of the molecule is CC1(C)CC(=O)N(CCCCCBr)CC(C)(C)C1. The van der Waals surface area contributed by atoms with Crippen LogP contribution in [0.3, 0.4) is 0 Å². The molecule has 1 saturated heterocycles. The van der Waals surface area contributed by atoms with E-state index in [2.05, 4.69) is 48.5 Å². The molecule has 2 nitrogen and oxygen atoms in total. The van der Waals surface area contributed by atoms with Gasteiger partial charge in [0.15, 0.2) is 0 Å². The fraction of sp³-hybridized carbons (Fsp3) is 0.933. The Kier molecular flexibility index (Phi) is 5.69. The lowest BCUT2D eigenvalue weighted by atomic mass is 9.74. The lowest BCUT2D eigenvalue weighted by Gasteiger charge is -2.32. The lowest BCUT2D eigenvalue weighted by molar-refractivity contribution is -0.132. The van der Waals surface area contributed by atoms with Crippen molar-refractivity contribution in [2.24, 2.45) is 10.8 Å². The van der Waals surface area contributed by atoms with Gasteiger partial charge < -0.3 is 4.90 Å². The Morgan fingerprint density at radius 3 is 2.39 bits per heavy atom. The fourth-order valence-corrected chi connectivity index (χ4v) is 3.71. The molecule has 0 bridgehead atoms. The molecule has 1 rings (SSSR count). The number of carbonyl (C=O) groups is 1. The molecule has 0 radical (unpaired) electrons. The summed E-state index contributed by atoms with van der Waals surface area (Å²) < 4.78 is 0. The molecule has 1 heterocycles. The zero-order valence-electron chi connectivity index (χ0n) is 12.4. The normalized spacial score (nSPS) is 22.9. The smallest absolute Gasteiger partial charge is 0.223 e. The van der Waals surface area contributed by atoms with Crippen molar-refractivity contribution in [3.05, 3.63) is 0 Å². The summed E-state index contributed by atoms with van der Waals surface area (Å²) in [5.41, 5.74) is 0.385. The largest absolute Gasteiger partial charge is 0.342 e. The number of nitrogens with zero attached hydrogens (tertiary/aromatic N) is 1. The summed E-state index contributed by atoms with van der Waals surface area (Å²) in [6.07, 6.45) is 5.38. The highest BCUT2D eigenvalue weighted by molar-refractivity contribution is 9.09. The van der Waals surface area contributed by atoms with Crippen molar-refractivity contribution in [2.45, 2.75) is 59.8 Å². The third-order valence-corrected chi connectivity index (χ3v) is 4.18. The fourth-order valence-electron chi connectivity index (χ4n) is 3.32. The van der Waals surface area contributed by atoms with Crippen LogP contribution in [0, 0.1) is 10.8 Å². The topological polar surface area (TPSA) is 20.3 Å². The van der Waals surface area contributed by atoms with E-state index in [1.54, 1.807) is 0 Å². The number of rotatable bonds is 5. The third kappa shape index (κ3) is 5.29. The number of amides is 1. The van der Waals surface area contributed by atoms with Crippen molar-refractivity contribution in [3.63, 3.8) is 0 Å². The summed E-state index contributed by atoms with van der Waals surface area (Å²) in [6.45, 7) is 10.9. The maximum Gasteiger partial charge on any atom is 0.223 e. The van der Waals surface area contributed by atoms with Gasteiger partial charge in [-0.2, -0.15) is 0 Å². The van der Waals surface area contributed by atoms with Crippen LogP contribution in [-0.2, 0) is 4.79 Å². The summed E-state index contributed by atoms with van der Waals surface area (Å²) in [5.74, 6) is 0.351. The highest BCUT2D eigenvalue weighted by Crippen LogP contribution is 2.40.